The molecule has 0 bridgehead atoms. The van der Waals surface area contributed by atoms with E-state index in [-0.39, 0.29) is 24.0 Å². The molecule has 3 aromatic rings. The highest BCUT2D eigenvalue weighted by molar-refractivity contribution is 14.0. The van der Waals surface area contributed by atoms with Crippen LogP contribution in [-0.2, 0) is 19.5 Å². The summed E-state index contributed by atoms with van der Waals surface area (Å²) in [4.78, 5) is 8.75. The van der Waals surface area contributed by atoms with Crippen molar-refractivity contribution in [3.8, 4) is 17.2 Å². The Morgan fingerprint density at radius 2 is 1.90 bits per heavy atom. The second kappa shape index (κ2) is 12.2. The summed E-state index contributed by atoms with van der Waals surface area (Å²) >= 11 is 0. The number of guanidine groups is 1. The predicted octanol–water partition coefficient (Wildman–Crippen LogP) is 4.18. The standard InChI is InChI=1S/C22H27N5O2.HI/c1-4-8-20-26-21(29-27-20)17-11-7-9-16(13-17)14-24-22(23-2)25-15-18-10-5-6-12-19(18)28-3;/h5-7,9-13H,4,8,14-15H2,1-3H3,(H2,23,24,25);1H. The van der Waals surface area contributed by atoms with Gasteiger partial charge >= 0.3 is 0 Å². The van der Waals surface area contributed by atoms with Crippen LogP contribution in [0.4, 0.5) is 0 Å². The van der Waals surface area contributed by atoms with E-state index in [0.717, 1.165) is 41.1 Å². The fraction of sp³-hybridized carbons (Fsp3) is 0.318. The minimum Gasteiger partial charge on any atom is -0.496 e. The van der Waals surface area contributed by atoms with Crippen molar-refractivity contribution in [1.29, 1.82) is 0 Å². The Morgan fingerprint density at radius 1 is 1.10 bits per heavy atom. The zero-order valence-electron chi connectivity index (χ0n) is 17.5. The molecular weight excluding hydrogens is 493 g/mol. The summed E-state index contributed by atoms with van der Waals surface area (Å²) in [6.45, 7) is 3.33. The molecule has 0 aliphatic carbocycles. The first-order valence-electron chi connectivity index (χ1n) is 9.71. The molecule has 30 heavy (non-hydrogen) atoms. The molecule has 0 saturated heterocycles. The minimum atomic E-state index is 0. The molecule has 0 spiro atoms. The minimum absolute atomic E-state index is 0. The van der Waals surface area contributed by atoms with Gasteiger partial charge in [-0.1, -0.05) is 42.4 Å². The number of para-hydroxylation sites is 1. The van der Waals surface area contributed by atoms with Crippen molar-refractivity contribution in [2.75, 3.05) is 14.2 Å². The zero-order valence-corrected chi connectivity index (χ0v) is 19.8. The van der Waals surface area contributed by atoms with Crippen LogP contribution >= 0.6 is 24.0 Å². The van der Waals surface area contributed by atoms with Crippen LogP contribution in [0.15, 0.2) is 58.0 Å². The average Bonchev–Trinajstić information content (AvgIpc) is 3.23. The van der Waals surface area contributed by atoms with Crippen LogP contribution < -0.4 is 15.4 Å². The van der Waals surface area contributed by atoms with E-state index >= 15 is 0 Å². The summed E-state index contributed by atoms with van der Waals surface area (Å²) in [5.41, 5.74) is 3.08. The van der Waals surface area contributed by atoms with E-state index in [2.05, 4.69) is 32.7 Å². The van der Waals surface area contributed by atoms with Crippen molar-refractivity contribution in [1.82, 2.24) is 20.8 Å². The van der Waals surface area contributed by atoms with Gasteiger partial charge < -0.3 is 19.9 Å². The fourth-order valence-corrected chi connectivity index (χ4v) is 2.95. The molecule has 0 aliphatic heterocycles. The van der Waals surface area contributed by atoms with Gasteiger partial charge in [-0.25, -0.2) is 0 Å². The number of benzene rings is 2. The predicted molar refractivity (Wildman–Crippen MR) is 129 cm³/mol. The molecule has 0 aliphatic rings. The summed E-state index contributed by atoms with van der Waals surface area (Å²) in [5.74, 6) is 2.86. The Morgan fingerprint density at radius 3 is 2.67 bits per heavy atom. The van der Waals surface area contributed by atoms with Crippen molar-refractivity contribution < 1.29 is 9.26 Å². The van der Waals surface area contributed by atoms with Crippen LogP contribution in [0.2, 0.25) is 0 Å². The number of hydrogen-bond acceptors (Lipinski definition) is 5. The van der Waals surface area contributed by atoms with Gasteiger partial charge in [0.15, 0.2) is 11.8 Å². The maximum Gasteiger partial charge on any atom is 0.257 e. The van der Waals surface area contributed by atoms with E-state index in [0.29, 0.717) is 24.9 Å². The topological polar surface area (TPSA) is 84.6 Å². The van der Waals surface area contributed by atoms with Crippen LogP contribution in [0.1, 0.15) is 30.3 Å². The van der Waals surface area contributed by atoms with E-state index in [1.807, 2.05) is 48.5 Å². The van der Waals surface area contributed by atoms with Crippen LogP contribution in [0, 0.1) is 0 Å². The SMILES string of the molecule is CCCc1noc(-c2cccc(CNC(=NC)NCc3ccccc3OC)c2)n1.I. The highest BCUT2D eigenvalue weighted by Gasteiger charge is 2.09. The second-order valence-electron chi connectivity index (χ2n) is 6.56. The van der Waals surface area contributed by atoms with Gasteiger partial charge in [0, 0.05) is 37.7 Å². The van der Waals surface area contributed by atoms with Crippen LogP contribution in [0.5, 0.6) is 5.75 Å². The Bertz CT molecular complexity index is 958. The largest absolute Gasteiger partial charge is 0.496 e. The maximum atomic E-state index is 5.39. The zero-order chi connectivity index (χ0) is 20.5. The average molecular weight is 521 g/mol. The maximum absolute atomic E-state index is 5.39. The number of methoxy groups -OCH3 is 1. The van der Waals surface area contributed by atoms with Gasteiger partial charge in [-0.2, -0.15) is 4.98 Å². The summed E-state index contributed by atoms with van der Waals surface area (Å²) in [6, 6.07) is 16.0. The van der Waals surface area contributed by atoms with Gasteiger partial charge in [0.1, 0.15) is 5.75 Å². The van der Waals surface area contributed by atoms with Gasteiger partial charge in [-0.15, -0.1) is 24.0 Å². The molecule has 3 rings (SSSR count). The van der Waals surface area contributed by atoms with E-state index in [9.17, 15) is 0 Å². The third kappa shape index (κ3) is 6.45. The van der Waals surface area contributed by atoms with Crippen molar-refractivity contribution in [2.45, 2.75) is 32.9 Å². The van der Waals surface area contributed by atoms with E-state index < -0.39 is 0 Å². The lowest BCUT2D eigenvalue weighted by Gasteiger charge is -2.14. The highest BCUT2D eigenvalue weighted by atomic mass is 127. The number of ether oxygens (including phenoxy) is 1. The lowest BCUT2D eigenvalue weighted by atomic mass is 10.1. The first kappa shape index (κ1) is 23.7. The van der Waals surface area contributed by atoms with Crippen molar-refractivity contribution in [3.05, 3.63) is 65.5 Å². The molecule has 2 N–H and O–H groups in total. The van der Waals surface area contributed by atoms with Crippen LogP contribution in [0.3, 0.4) is 0 Å². The molecule has 1 heterocycles. The van der Waals surface area contributed by atoms with Gasteiger partial charge in [0.25, 0.3) is 5.89 Å². The number of aliphatic imine (C=N–C) groups is 1. The van der Waals surface area contributed by atoms with E-state index in [1.54, 1.807) is 14.2 Å². The van der Waals surface area contributed by atoms with Crippen molar-refractivity contribution in [3.63, 3.8) is 0 Å². The summed E-state index contributed by atoms with van der Waals surface area (Å²) in [7, 11) is 3.43. The molecule has 8 heteroatoms. The number of nitrogens with zero attached hydrogens (tertiary/aromatic N) is 3. The Kier molecular flexibility index (Phi) is 9.59. The molecule has 0 unspecified atom stereocenters. The number of aryl methyl sites for hydroxylation is 1. The van der Waals surface area contributed by atoms with Gasteiger partial charge in [0.2, 0.25) is 0 Å². The van der Waals surface area contributed by atoms with Gasteiger partial charge in [-0.3, -0.25) is 4.99 Å². The molecule has 0 fully saturated rings. The van der Waals surface area contributed by atoms with Gasteiger partial charge in [-0.05, 0) is 30.2 Å². The number of aromatic nitrogens is 2. The first-order valence-corrected chi connectivity index (χ1v) is 9.71. The monoisotopic (exact) mass is 521 g/mol. The molecule has 0 atom stereocenters. The molecule has 0 amide bonds. The van der Waals surface area contributed by atoms with Crippen molar-refractivity contribution in [2.24, 2.45) is 4.99 Å². The first-order chi connectivity index (χ1) is 14.2. The Balaban J connectivity index is 0.00000320. The Hall–Kier alpha value is -2.62. The summed E-state index contributed by atoms with van der Waals surface area (Å²) in [6.07, 6.45) is 1.81. The number of nitrogens with one attached hydrogen (secondary N) is 2. The molecule has 2 aromatic carbocycles. The smallest absolute Gasteiger partial charge is 0.257 e. The van der Waals surface area contributed by atoms with E-state index in [1.165, 1.54) is 0 Å². The number of hydrogen-bond donors (Lipinski definition) is 2. The fourth-order valence-electron chi connectivity index (χ4n) is 2.95. The molecule has 0 saturated carbocycles. The molecular formula is C22H28IN5O2. The third-order valence-corrected chi connectivity index (χ3v) is 4.44. The molecule has 160 valence electrons. The highest BCUT2D eigenvalue weighted by Crippen LogP contribution is 2.19. The quantitative estimate of drug-likeness (QED) is 0.263. The lowest BCUT2D eigenvalue weighted by Crippen LogP contribution is -2.36. The number of halogens is 1. The van der Waals surface area contributed by atoms with Crippen LogP contribution in [0.25, 0.3) is 11.5 Å². The normalized spacial score (nSPS) is 11.0. The molecule has 7 nitrogen and oxygen atoms in total. The van der Waals surface area contributed by atoms with Crippen molar-refractivity contribution >= 4 is 29.9 Å². The molecule has 0 radical (unpaired) electrons. The van der Waals surface area contributed by atoms with Gasteiger partial charge in [0.05, 0.1) is 7.11 Å². The third-order valence-electron chi connectivity index (χ3n) is 4.44. The van der Waals surface area contributed by atoms with E-state index in [4.69, 9.17) is 9.26 Å². The summed E-state index contributed by atoms with van der Waals surface area (Å²) < 4.78 is 10.8. The van der Waals surface area contributed by atoms with Crippen LogP contribution in [-0.4, -0.2) is 30.3 Å². The Labute approximate surface area is 194 Å². The number of rotatable bonds is 8. The summed E-state index contributed by atoms with van der Waals surface area (Å²) in [5, 5.41) is 10.7. The second-order valence-corrected chi connectivity index (χ2v) is 6.56. The molecule has 1 aromatic heterocycles. The lowest BCUT2D eigenvalue weighted by molar-refractivity contribution is 0.409.